The molecule has 0 radical (unpaired) electrons. The maximum Gasteiger partial charge on any atom is 0.272 e. The molecule has 2 saturated carbocycles. The SMILES string of the molecule is CC.CC.CC.CCCC(CC(=O)C(=O)CNC1CC1)NC(=O)C1CC(Oc2cccc(Cl)c2Cl)CN1C(=O)C(NC(=O)C(NC(=O)c1cnccn1)C1CCCCC1)C(C)(C)C. The molecule has 63 heavy (non-hydrogen) atoms. The van der Waals surface area contributed by atoms with Crippen LogP contribution in [0.2, 0.25) is 10.0 Å². The lowest BCUT2D eigenvalue weighted by atomic mass is 9.82. The molecular weight excluding hydrogens is 845 g/mol. The first kappa shape index (κ1) is 55.0. The lowest BCUT2D eigenvalue weighted by molar-refractivity contribution is -0.144. The highest BCUT2D eigenvalue weighted by Gasteiger charge is 2.47. The van der Waals surface area contributed by atoms with Crippen LogP contribution in [0.15, 0.2) is 36.8 Å². The van der Waals surface area contributed by atoms with Gasteiger partial charge in [0, 0.05) is 37.3 Å². The van der Waals surface area contributed by atoms with Crippen molar-refractivity contribution in [3.05, 3.63) is 52.5 Å². The lowest BCUT2D eigenvalue weighted by Crippen LogP contribution is -2.61. The molecule has 3 fully saturated rings. The molecule has 0 spiro atoms. The van der Waals surface area contributed by atoms with Crippen molar-refractivity contribution in [1.82, 2.24) is 36.1 Å². The molecule has 3 aliphatic rings. The van der Waals surface area contributed by atoms with E-state index in [9.17, 15) is 28.8 Å². The van der Waals surface area contributed by atoms with Crippen LogP contribution in [0.3, 0.4) is 0 Å². The monoisotopic (exact) mass is 917 g/mol. The first-order chi connectivity index (χ1) is 30.2. The highest BCUT2D eigenvalue weighted by atomic mass is 35.5. The van der Waals surface area contributed by atoms with Gasteiger partial charge in [-0.2, -0.15) is 0 Å². The van der Waals surface area contributed by atoms with Gasteiger partial charge in [0.2, 0.25) is 29.3 Å². The summed E-state index contributed by atoms with van der Waals surface area (Å²) in [7, 11) is 0. The van der Waals surface area contributed by atoms with E-state index in [4.69, 9.17) is 27.9 Å². The quantitative estimate of drug-likeness (QED) is 0.108. The molecule has 5 unspecified atom stereocenters. The highest BCUT2D eigenvalue weighted by molar-refractivity contribution is 6.43. The van der Waals surface area contributed by atoms with Crippen LogP contribution in [0.1, 0.15) is 150 Å². The molecule has 2 aliphatic carbocycles. The summed E-state index contributed by atoms with van der Waals surface area (Å²) in [6.45, 7) is 19.3. The van der Waals surface area contributed by atoms with Crippen LogP contribution >= 0.6 is 23.2 Å². The summed E-state index contributed by atoms with van der Waals surface area (Å²) in [5.74, 6) is -3.11. The van der Waals surface area contributed by atoms with Crippen LogP contribution < -0.4 is 26.0 Å². The molecule has 1 aliphatic heterocycles. The molecule has 4 N–H and O–H groups in total. The minimum absolute atomic E-state index is 0.0274. The Bertz CT molecular complexity index is 1770. The third kappa shape index (κ3) is 17.1. The first-order valence-electron chi connectivity index (χ1n) is 23.0. The Morgan fingerprint density at radius 3 is 2.13 bits per heavy atom. The number of carbonyl (C=O) groups is 6. The van der Waals surface area contributed by atoms with Gasteiger partial charge in [0.15, 0.2) is 0 Å². The van der Waals surface area contributed by atoms with E-state index in [-0.39, 0.29) is 59.4 Å². The summed E-state index contributed by atoms with van der Waals surface area (Å²) in [6.07, 6.45) is 10.6. The Hall–Kier alpha value is -4.14. The zero-order valence-corrected chi connectivity index (χ0v) is 40.7. The number of likely N-dealkylation sites (tertiary alicyclic amines) is 1. The number of halogens is 2. The van der Waals surface area contributed by atoms with E-state index in [0.717, 1.165) is 44.9 Å². The van der Waals surface area contributed by atoms with E-state index in [0.29, 0.717) is 12.8 Å². The standard InChI is InChI=1S/C41H55Cl2N7O7.3C2H6/c1-5-10-26(19-31(51)32(52)22-46-25-15-16-25)47-38(54)30-20-27(57-33-14-9-13-28(42)34(33)43)23-50(30)40(56)36(41(2,3)4)49-39(55)35(24-11-7-6-8-12-24)48-37(53)29-21-44-17-18-45-29;3*1-2/h9,13-14,17-18,21,24-27,30,35-36,46H,5-8,10-12,15-16,19-20,22-23H2,1-4H3,(H,47,54)(H,48,53)(H,49,55);3*1-2H3. The third-order valence-electron chi connectivity index (χ3n) is 10.8. The van der Waals surface area contributed by atoms with Crippen molar-refractivity contribution in [1.29, 1.82) is 0 Å². The summed E-state index contributed by atoms with van der Waals surface area (Å²) in [4.78, 5) is 91.7. The van der Waals surface area contributed by atoms with Gasteiger partial charge in [-0.05, 0) is 55.6 Å². The van der Waals surface area contributed by atoms with E-state index in [2.05, 4.69) is 31.2 Å². The topological polar surface area (TPSA) is 189 Å². The number of ketones is 2. The minimum atomic E-state index is -1.13. The fourth-order valence-electron chi connectivity index (χ4n) is 7.50. The molecule has 0 bridgehead atoms. The number of rotatable bonds is 18. The summed E-state index contributed by atoms with van der Waals surface area (Å²) in [5, 5.41) is 12.3. The number of Topliss-reactive ketones (excluding diaryl/α,β-unsaturated/α-hetero) is 2. The Morgan fingerprint density at radius 1 is 0.873 bits per heavy atom. The summed E-state index contributed by atoms with van der Waals surface area (Å²) in [5.41, 5.74) is -0.783. The van der Waals surface area contributed by atoms with E-state index >= 15 is 0 Å². The predicted molar refractivity (Wildman–Crippen MR) is 249 cm³/mol. The van der Waals surface area contributed by atoms with Crippen molar-refractivity contribution in [3.63, 3.8) is 0 Å². The molecule has 16 heteroatoms. The molecule has 1 saturated heterocycles. The number of nitrogens with zero attached hydrogens (tertiary/aromatic N) is 3. The summed E-state index contributed by atoms with van der Waals surface area (Å²) < 4.78 is 6.26. The van der Waals surface area contributed by atoms with Gasteiger partial charge in [-0.25, -0.2) is 4.98 Å². The number of ether oxygens (including phenoxy) is 1. The largest absolute Gasteiger partial charge is 0.487 e. The Morgan fingerprint density at radius 2 is 1.54 bits per heavy atom. The second-order valence-corrected chi connectivity index (χ2v) is 17.3. The molecule has 14 nitrogen and oxygen atoms in total. The van der Waals surface area contributed by atoms with E-state index < -0.39 is 70.9 Å². The van der Waals surface area contributed by atoms with Crippen molar-refractivity contribution in [3.8, 4) is 5.75 Å². The molecule has 1 aromatic carbocycles. The second-order valence-electron chi connectivity index (χ2n) is 16.5. The molecule has 5 rings (SSSR count). The van der Waals surface area contributed by atoms with Crippen molar-refractivity contribution >= 4 is 58.4 Å². The van der Waals surface area contributed by atoms with Crippen molar-refractivity contribution in [2.75, 3.05) is 13.1 Å². The fraction of sp³-hybridized carbons (Fsp3) is 0.660. The number of aromatic nitrogens is 2. The third-order valence-corrected chi connectivity index (χ3v) is 11.6. The summed E-state index contributed by atoms with van der Waals surface area (Å²) in [6, 6.07) is 1.41. The van der Waals surface area contributed by atoms with Crippen molar-refractivity contribution < 1.29 is 33.5 Å². The number of amides is 4. The highest BCUT2D eigenvalue weighted by Crippen LogP contribution is 2.35. The van der Waals surface area contributed by atoms with E-state index in [1.165, 1.54) is 23.5 Å². The van der Waals surface area contributed by atoms with Crippen molar-refractivity contribution in [2.45, 2.75) is 176 Å². The number of nitrogens with one attached hydrogen (secondary N) is 4. The molecule has 1 aromatic heterocycles. The number of hydrogen-bond acceptors (Lipinski definition) is 10. The molecule has 4 amide bonds. The molecule has 2 aromatic rings. The first-order valence-corrected chi connectivity index (χ1v) is 23.8. The normalized spacial score (nSPS) is 18.6. The summed E-state index contributed by atoms with van der Waals surface area (Å²) >= 11 is 12.7. The van der Waals surface area contributed by atoms with Crippen LogP contribution in [0.25, 0.3) is 0 Å². The maximum atomic E-state index is 14.8. The smallest absolute Gasteiger partial charge is 0.272 e. The molecular formula is C47H73Cl2N7O7. The van der Waals surface area contributed by atoms with Crippen molar-refractivity contribution in [2.24, 2.45) is 11.3 Å². The average Bonchev–Trinajstić information content (AvgIpc) is 4.03. The van der Waals surface area contributed by atoms with Crippen LogP contribution in [-0.2, 0) is 24.0 Å². The fourth-order valence-corrected chi connectivity index (χ4v) is 7.84. The average molecular weight is 919 g/mol. The number of carbonyl (C=O) groups excluding carboxylic acids is 6. The van der Waals surface area contributed by atoms with E-state index in [1.807, 2.05) is 69.2 Å². The van der Waals surface area contributed by atoms with Crippen LogP contribution in [0, 0.1) is 11.3 Å². The Balaban J connectivity index is 0.00000218. The zero-order chi connectivity index (χ0) is 47.3. The predicted octanol–water partition coefficient (Wildman–Crippen LogP) is 7.69. The van der Waals surface area contributed by atoms with Gasteiger partial charge in [0.1, 0.15) is 40.7 Å². The minimum Gasteiger partial charge on any atom is -0.487 e. The Labute approximate surface area is 385 Å². The van der Waals surface area contributed by atoms with Crippen LogP contribution in [0.4, 0.5) is 0 Å². The number of hydrogen-bond donors (Lipinski definition) is 4. The molecule has 2 heterocycles. The maximum absolute atomic E-state index is 14.8. The van der Waals surface area contributed by atoms with Gasteiger partial charge in [0.25, 0.3) is 5.91 Å². The Kier molecular flexibility index (Phi) is 24.4. The van der Waals surface area contributed by atoms with Gasteiger partial charge in [-0.3, -0.25) is 33.8 Å². The molecule has 352 valence electrons. The van der Waals surface area contributed by atoms with Gasteiger partial charge in [-0.15, -0.1) is 0 Å². The lowest BCUT2D eigenvalue weighted by Gasteiger charge is -2.37. The van der Waals surface area contributed by atoms with E-state index in [1.54, 1.807) is 18.2 Å². The second kappa shape index (κ2) is 27.9. The van der Waals surface area contributed by atoms with Gasteiger partial charge >= 0.3 is 0 Å². The van der Waals surface area contributed by atoms with Gasteiger partial charge < -0.3 is 30.9 Å². The van der Waals surface area contributed by atoms with Gasteiger partial charge in [-0.1, -0.05) is 124 Å². The molecule has 5 atom stereocenters. The zero-order valence-electron chi connectivity index (χ0n) is 39.2. The van der Waals surface area contributed by atoms with Crippen LogP contribution in [0.5, 0.6) is 5.75 Å². The number of benzene rings is 1. The van der Waals surface area contributed by atoms with Crippen LogP contribution in [-0.4, -0.2) is 99.5 Å². The van der Waals surface area contributed by atoms with Gasteiger partial charge in [0.05, 0.1) is 24.3 Å².